The molecular formula is C25H27NO4. The predicted molar refractivity (Wildman–Crippen MR) is 118 cm³/mol. The number of unbranched alkanes of at least 4 members (excludes halogenated alkanes) is 1. The standard InChI is InChI=1S/C25H27NO4/c1-2-3-14-28-18-10-8-17(9-11-18)26-15-22-23(29-16-26)13-12-20-19-6-4-5-7-21(19)25(27)30-24(20)22/h8-13H,2-7,14-16H2,1H3. The van der Waals surface area contributed by atoms with E-state index in [2.05, 4.69) is 30.0 Å². The molecule has 0 saturated heterocycles. The second-order valence-corrected chi connectivity index (χ2v) is 8.14. The molecular weight excluding hydrogens is 378 g/mol. The fraction of sp³-hybridized carbons (Fsp3) is 0.400. The molecule has 1 aliphatic heterocycles. The zero-order chi connectivity index (χ0) is 20.5. The van der Waals surface area contributed by atoms with Crippen LogP contribution in [0.3, 0.4) is 0 Å². The molecule has 30 heavy (non-hydrogen) atoms. The molecule has 1 aliphatic carbocycles. The third kappa shape index (κ3) is 3.42. The first kappa shape index (κ1) is 19.0. The van der Waals surface area contributed by atoms with E-state index in [0.29, 0.717) is 18.9 Å². The van der Waals surface area contributed by atoms with Crippen molar-refractivity contribution in [2.24, 2.45) is 0 Å². The minimum atomic E-state index is -0.184. The summed E-state index contributed by atoms with van der Waals surface area (Å²) in [6.45, 7) is 4.00. The largest absolute Gasteiger partial charge is 0.494 e. The number of anilines is 1. The molecule has 0 saturated carbocycles. The van der Waals surface area contributed by atoms with E-state index >= 15 is 0 Å². The molecule has 0 fully saturated rings. The molecule has 156 valence electrons. The van der Waals surface area contributed by atoms with Crippen molar-refractivity contribution < 1.29 is 13.9 Å². The van der Waals surface area contributed by atoms with Gasteiger partial charge in [-0.1, -0.05) is 13.3 Å². The van der Waals surface area contributed by atoms with E-state index in [-0.39, 0.29) is 5.63 Å². The van der Waals surface area contributed by atoms with E-state index in [1.54, 1.807) is 0 Å². The van der Waals surface area contributed by atoms with Crippen LogP contribution in [0, 0.1) is 0 Å². The first-order valence-electron chi connectivity index (χ1n) is 11.0. The number of hydrogen-bond donors (Lipinski definition) is 0. The highest BCUT2D eigenvalue weighted by Gasteiger charge is 2.25. The average molecular weight is 405 g/mol. The Hall–Kier alpha value is -2.95. The van der Waals surface area contributed by atoms with Crippen molar-refractivity contribution in [3.05, 3.63) is 63.5 Å². The number of nitrogens with zero attached hydrogens (tertiary/aromatic N) is 1. The van der Waals surface area contributed by atoms with Crippen molar-refractivity contribution in [2.75, 3.05) is 18.2 Å². The van der Waals surface area contributed by atoms with Crippen molar-refractivity contribution in [3.63, 3.8) is 0 Å². The number of aryl methyl sites for hydroxylation is 1. The van der Waals surface area contributed by atoms with Crippen molar-refractivity contribution in [2.45, 2.75) is 52.0 Å². The quantitative estimate of drug-likeness (QED) is 0.431. The Labute approximate surface area is 176 Å². The molecule has 5 heteroatoms. The van der Waals surface area contributed by atoms with Crippen LogP contribution >= 0.6 is 0 Å². The topological polar surface area (TPSA) is 51.9 Å². The highest BCUT2D eigenvalue weighted by molar-refractivity contribution is 5.86. The van der Waals surface area contributed by atoms with Crippen LogP contribution in [-0.4, -0.2) is 13.3 Å². The molecule has 2 aliphatic rings. The van der Waals surface area contributed by atoms with Gasteiger partial charge in [0, 0.05) is 16.6 Å². The average Bonchev–Trinajstić information content (AvgIpc) is 2.79. The van der Waals surface area contributed by atoms with Gasteiger partial charge >= 0.3 is 5.63 Å². The first-order valence-corrected chi connectivity index (χ1v) is 11.0. The fourth-order valence-corrected chi connectivity index (χ4v) is 4.47. The van der Waals surface area contributed by atoms with Crippen LogP contribution in [0.5, 0.6) is 11.5 Å². The monoisotopic (exact) mass is 405 g/mol. The lowest BCUT2D eigenvalue weighted by Gasteiger charge is -2.31. The second kappa shape index (κ2) is 8.05. The van der Waals surface area contributed by atoms with Crippen LogP contribution < -0.4 is 20.0 Å². The van der Waals surface area contributed by atoms with Gasteiger partial charge in [-0.05, 0) is 74.1 Å². The number of hydrogen-bond acceptors (Lipinski definition) is 5. The molecule has 0 bridgehead atoms. The molecule has 0 atom stereocenters. The van der Waals surface area contributed by atoms with Gasteiger partial charge in [0.05, 0.1) is 18.7 Å². The lowest BCUT2D eigenvalue weighted by Crippen LogP contribution is -2.32. The Bertz CT molecular complexity index is 1120. The Morgan fingerprint density at radius 1 is 1.00 bits per heavy atom. The molecule has 0 radical (unpaired) electrons. The third-order valence-corrected chi connectivity index (χ3v) is 6.14. The highest BCUT2D eigenvalue weighted by Crippen LogP contribution is 2.37. The third-order valence-electron chi connectivity index (χ3n) is 6.14. The molecule has 5 nitrogen and oxygen atoms in total. The Morgan fingerprint density at radius 3 is 2.60 bits per heavy atom. The summed E-state index contributed by atoms with van der Waals surface area (Å²) in [6.07, 6.45) is 6.12. The van der Waals surface area contributed by atoms with E-state index in [0.717, 1.165) is 78.8 Å². The van der Waals surface area contributed by atoms with Gasteiger partial charge in [-0.2, -0.15) is 0 Å². The summed E-state index contributed by atoms with van der Waals surface area (Å²) in [5, 5.41) is 1.06. The van der Waals surface area contributed by atoms with Crippen molar-refractivity contribution in [1.82, 2.24) is 0 Å². The Morgan fingerprint density at radius 2 is 1.80 bits per heavy atom. The Kier molecular flexibility index (Phi) is 5.11. The van der Waals surface area contributed by atoms with E-state index < -0.39 is 0 Å². The van der Waals surface area contributed by atoms with Gasteiger partial charge in [0.1, 0.15) is 17.1 Å². The van der Waals surface area contributed by atoms with Crippen molar-refractivity contribution in [3.8, 4) is 11.5 Å². The molecule has 5 rings (SSSR count). The summed E-state index contributed by atoms with van der Waals surface area (Å²) in [7, 11) is 0. The summed E-state index contributed by atoms with van der Waals surface area (Å²) in [5.74, 6) is 1.69. The van der Waals surface area contributed by atoms with Gasteiger partial charge in [-0.15, -0.1) is 0 Å². The molecule has 0 amide bonds. The van der Waals surface area contributed by atoms with Gasteiger partial charge in [-0.3, -0.25) is 0 Å². The number of benzene rings is 2. The molecule has 0 spiro atoms. The number of ether oxygens (including phenoxy) is 2. The molecule has 3 aromatic rings. The molecule has 0 unspecified atom stereocenters. The maximum atomic E-state index is 12.6. The predicted octanol–water partition coefficient (Wildman–Crippen LogP) is 5.21. The van der Waals surface area contributed by atoms with E-state index in [1.165, 1.54) is 5.56 Å². The van der Waals surface area contributed by atoms with Gasteiger partial charge in [0.2, 0.25) is 0 Å². The fourth-order valence-electron chi connectivity index (χ4n) is 4.47. The minimum Gasteiger partial charge on any atom is -0.494 e. The van der Waals surface area contributed by atoms with Gasteiger partial charge in [-0.25, -0.2) is 4.79 Å². The van der Waals surface area contributed by atoms with E-state index in [4.69, 9.17) is 13.9 Å². The summed E-state index contributed by atoms with van der Waals surface area (Å²) >= 11 is 0. The molecule has 1 aromatic heterocycles. The first-order chi connectivity index (χ1) is 14.7. The Balaban J connectivity index is 1.46. The van der Waals surface area contributed by atoms with Gasteiger partial charge < -0.3 is 18.8 Å². The second-order valence-electron chi connectivity index (χ2n) is 8.14. The van der Waals surface area contributed by atoms with Gasteiger partial charge in [0.25, 0.3) is 0 Å². The van der Waals surface area contributed by atoms with Crippen LogP contribution in [0.2, 0.25) is 0 Å². The lowest BCUT2D eigenvalue weighted by molar-refractivity contribution is 0.288. The minimum absolute atomic E-state index is 0.184. The molecule has 2 heterocycles. The van der Waals surface area contributed by atoms with Crippen LogP contribution in [-0.2, 0) is 19.4 Å². The number of rotatable bonds is 5. The molecule has 0 N–H and O–H groups in total. The highest BCUT2D eigenvalue weighted by atomic mass is 16.5. The van der Waals surface area contributed by atoms with Gasteiger partial charge in [0.15, 0.2) is 6.73 Å². The summed E-state index contributed by atoms with van der Waals surface area (Å²) < 4.78 is 17.6. The molecule has 2 aromatic carbocycles. The smallest absolute Gasteiger partial charge is 0.339 e. The van der Waals surface area contributed by atoms with Crippen LogP contribution in [0.4, 0.5) is 5.69 Å². The van der Waals surface area contributed by atoms with Crippen LogP contribution in [0.1, 0.15) is 49.3 Å². The SMILES string of the molecule is CCCCOc1ccc(N2COc3ccc4c5c(c(=O)oc4c3C2)CCCC5)cc1. The zero-order valence-electron chi connectivity index (χ0n) is 17.4. The van der Waals surface area contributed by atoms with Crippen molar-refractivity contribution in [1.29, 1.82) is 0 Å². The van der Waals surface area contributed by atoms with Crippen molar-refractivity contribution >= 4 is 16.7 Å². The maximum Gasteiger partial charge on any atom is 0.339 e. The number of fused-ring (bicyclic) bond motifs is 5. The lowest BCUT2D eigenvalue weighted by atomic mass is 9.90. The van der Waals surface area contributed by atoms with E-state index in [9.17, 15) is 4.79 Å². The van der Waals surface area contributed by atoms with Crippen LogP contribution in [0.15, 0.2) is 45.6 Å². The summed E-state index contributed by atoms with van der Waals surface area (Å²) in [5.41, 5.74) is 4.54. The van der Waals surface area contributed by atoms with E-state index in [1.807, 2.05) is 18.2 Å². The van der Waals surface area contributed by atoms with Crippen LogP contribution in [0.25, 0.3) is 11.0 Å². The zero-order valence-corrected chi connectivity index (χ0v) is 17.4. The summed E-state index contributed by atoms with van der Waals surface area (Å²) in [4.78, 5) is 14.8. The summed E-state index contributed by atoms with van der Waals surface area (Å²) in [6, 6.07) is 12.2. The maximum absolute atomic E-state index is 12.6. The normalized spacial score (nSPS) is 15.4.